The van der Waals surface area contributed by atoms with E-state index in [4.69, 9.17) is 23.2 Å². The van der Waals surface area contributed by atoms with Crippen LogP contribution in [0.3, 0.4) is 0 Å². The van der Waals surface area contributed by atoms with Crippen LogP contribution in [-0.4, -0.2) is 11.0 Å². The first kappa shape index (κ1) is 15.8. The molecular formula is C16H15Cl2NO2. The number of hydrogen-bond acceptors (Lipinski definition) is 2. The topological polar surface area (TPSA) is 49.3 Å². The molecule has 2 aromatic carbocycles. The second kappa shape index (κ2) is 7.46. The largest absolute Gasteiger partial charge is 0.388 e. The van der Waals surface area contributed by atoms with Gasteiger partial charge < -0.3 is 10.4 Å². The lowest BCUT2D eigenvalue weighted by Gasteiger charge is -2.12. The minimum absolute atomic E-state index is 0.00915. The minimum atomic E-state index is -0.813. The molecule has 21 heavy (non-hydrogen) atoms. The van der Waals surface area contributed by atoms with Crippen LogP contribution in [0.2, 0.25) is 10.0 Å². The van der Waals surface area contributed by atoms with Crippen LogP contribution in [0.15, 0.2) is 48.5 Å². The Labute approximate surface area is 133 Å². The molecule has 0 radical (unpaired) electrons. The first-order valence-electron chi connectivity index (χ1n) is 6.50. The van der Waals surface area contributed by atoms with Crippen LogP contribution in [0.5, 0.6) is 0 Å². The monoisotopic (exact) mass is 323 g/mol. The van der Waals surface area contributed by atoms with Crippen molar-refractivity contribution in [2.45, 2.75) is 19.1 Å². The molecule has 5 heteroatoms. The van der Waals surface area contributed by atoms with E-state index in [2.05, 4.69) is 5.32 Å². The highest BCUT2D eigenvalue weighted by atomic mass is 35.5. The summed E-state index contributed by atoms with van der Waals surface area (Å²) in [6, 6.07) is 14.2. The van der Waals surface area contributed by atoms with Crippen LogP contribution in [0.1, 0.15) is 23.7 Å². The number of amides is 1. The van der Waals surface area contributed by atoms with Crippen molar-refractivity contribution in [3.63, 3.8) is 0 Å². The molecule has 1 unspecified atom stereocenters. The van der Waals surface area contributed by atoms with Gasteiger partial charge in [-0.2, -0.15) is 0 Å². The zero-order valence-corrected chi connectivity index (χ0v) is 12.7. The molecule has 0 aromatic heterocycles. The fraction of sp³-hybridized carbons (Fsp3) is 0.188. The lowest BCUT2D eigenvalue weighted by atomic mass is 10.1. The zero-order valence-electron chi connectivity index (χ0n) is 11.2. The van der Waals surface area contributed by atoms with Crippen molar-refractivity contribution in [2.75, 3.05) is 0 Å². The molecule has 0 aliphatic carbocycles. The van der Waals surface area contributed by atoms with Crippen molar-refractivity contribution in [1.82, 2.24) is 5.32 Å². The van der Waals surface area contributed by atoms with Crippen molar-refractivity contribution in [2.24, 2.45) is 0 Å². The first-order valence-corrected chi connectivity index (χ1v) is 7.25. The lowest BCUT2D eigenvalue weighted by Crippen LogP contribution is -2.24. The van der Waals surface area contributed by atoms with Gasteiger partial charge in [0.1, 0.15) is 0 Å². The van der Waals surface area contributed by atoms with Gasteiger partial charge in [-0.05, 0) is 23.3 Å². The summed E-state index contributed by atoms with van der Waals surface area (Å²) >= 11 is 11.8. The van der Waals surface area contributed by atoms with Gasteiger partial charge in [-0.25, -0.2) is 0 Å². The van der Waals surface area contributed by atoms with Gasteiger partial charge in [0.2, 0.25) is 5.91 Å². The Morgan fingerprint density at radius 3 is 2.52 bits per heavy atom. The van der Waals surface area contributed by atoms with Gasteiger partial charge in [-0.3, -0.25) is 4.79 Å². The Hall–Kier alpha value is -1.55. The van der Waals surface area contributed by atoms with Crippen molar-refractivity contribution < 1.29 is 9.90 Å². The highest BCUT2D eigenvalue weighted by Gasteiger charge is 2.12. The van der Waals surface area contributed by atoms with Crippen molar-refractivity contribution >= 4 is 29.1 Å². The van der Waals surface area contributed by atoms with Crippen molar-refractivity contribution in [1.29, 1.82) is 0 Å². The average molecular weight is 324 g/mol. The van der Waals surface area contributed by atoms with Gasteiger partial charge >= 0.3 is 0 Å². The number of hydrogen-bond donors (Lipinski definition) is 2. The molecule has 0 fully saturated rings. The maximum atomic E-state index is 11.8. The Morgan fingerprint density at radius 1 is 1.14 bits per heavy atom. The predicted molar refractivity (Wildman–Crippen MR) is 84.3 cm³/mol. The quantitative estimate of drug-likeness (QED) is 0.880. The molecule has 0 aliphatic heterocycles. The average Bonchev–Trinajstić information content (AvgIpc) is 2.47. The molecule has 0 bridgehead atoms. The Bertz CT molecular complexity index is 617. The van der Waals surface area contributed by atoms with E-state index < -0.39 is 6.10 Å². The van der Waals surface area contributed by atoms with Gasteiger partial charge in [-0.1, -0.05) is 59.6 Å². The van der Waals surface area contributed by atoms with Crippen molar-refractivity contribution in [3.05, 3.63) is 69.7 Å². The SMILES string of the molecule is O=C(CC(O)c1ccccc1)NCc1ccc(Cl)cc1Cl. The number of halogens is 2. The second-order valence-electron chi connectivity index (χ2n) is 4.64. The van der Waals surface area contributed by atoms with Crippen LogP contribution in [0.4, 0.5) is 0 Å². The molecule has 0 spiro atoms. The fourth-order valence-electron chi connectivity index (χ4n) is 1.90. The number of benzene rings is 2. The molecular weight excluding hydrogens is 309 g/mol. The van der Waals surface area contributed by atoms with E-state index in [0.717, 1.165) is 11.1 Å². The maximum Gasteiger partial charge on any atom is 0.223 e. The van der Waals surface area contributed by atoms with E-state index >= 15 is 0 Å². The molecule has 0 heterocycles. The molecule has 1 atom stereocenters. The van der Waals surface area contributed by atoms with E-state index in [0.29, 0.717) is 16.6 Å². The molecule has 0 saturated carbocycles. The Balaban J connectivity index is 1.87. The standard InChI is InChI=1S/C16H15Cl2NO2/c17-13-7-6-12(14(18)8-13)10-19-16(21)9-15(20)11-4-2-1-3-5-11/h1-8,15,20H,9-10H2,(H,19,21). The molecule has 110 valence electrons. The normalized spacial score (nSPS) is 12.0. The molecule has 2 N–H and O–H groups in total. The van der Waals surface area contributed by atoms with Gasteiger partial charge in [0.05, 0.1) is 12.5 Å². The van der Waals surface area contributed by atoms with E-state index in [9.17, 15) is 9.90 Å². The molecule has 2 aromatic rings. The third-order valence-corrected chi connectivity index (χ3v) is 3.64. The summed E-state index contributed by atoms with van der Waals surface area (Å²) in [6.07, 6.45) is -0.804. The maximum absolute atomic E-state index is 11.8. The van der Waals surface area contributed by atoms with E-state index in [1.807, 2.05) is 18.2 Å². The van der Waals surface area contributed by atoms with Crippen LogP contribution < -0.4 is 5.32 Å². The molecule has 0 aliphatic rings. The van der Waals surface area contributed by atoms with Crippen LogP contribution in [-0.2, 0) is 11.3 Å². The molecule has 1 amide bonds. The number of rotatable bonds is 5. The smallest absolute Gasteiger partial charge is 0.223 e. The minimum Gasteiger partial charge on any atom is -0.388 e. The van der Waals surface area contributed by atoms with Gasteiger partial charge in [0.15, 0.2) is 0 Å². The van der Waals surface area contributed by atoms with Gasteiger partial charge in [-0.15, -0.1) is 0 Å². The van der Waals surface area contributed by atoms with Crippen LogP contribution >= 0.6 is 23.2 Å². The summed E-state index contributed by atoms with van der Waals surface area (Å²) in [4.78, 5) is 11.8. The molecule has 0 saturated heterocycles. The third-order valence-electron chi connectivity index (χ3n) is 3.05. The highest BCUT2D eigenvalue weighted by molar-refractivity contribution is 6.35. The van der Waals surface area contributed by atoms with Crippen LogP contribution in [0.25, 0.3) is 0 Å². The predicted octanol–water partition coefficient (Wildman–Crippen LogP) is 3.73. The number of aliphatic hydroxyl groups excluding tert-OH is 1. The first-order chi connectivity index (χ1) is 10.1. The van der Waals surface area contributed by atoms with E-state index in [1.54, 1.807) is 30.3 Å². The highest BCUT2D eigenvalue weighted by Crippen LogP contribution is 2.21. The summed E-state index contributed by atoms with van der Waals surface area (Å²) in [5.74, 6) is -0.239. The van der Waals surface area contributed by atoms with E-state index in [1.165, 1.54) is 0 Å². The molecule has 2 rings (SSSR count). The summed E-state index contributed by atoms with van der Waals surface area (Å²) in [6.45, 7) is 0.302. The zero-order chi connectivity index (χ0) is 15.2. The second-order valence-corrected chi connectivity index (χ2v) is 5.49. The number of aliphatic hydroxyl groups is 1. The number of carbonyl (C=O) groups excluding carboxylic acids is 1. The third kappa shape index (κ3) is 4.74. The fourth-order valence-corrected chi connectivity index (χ4v) is 2.37. The van der Waals surface area contributed by atoms with Crippen molar-refractivity contribution in [3.8, 4) is 0 Å². The summed E-state index contributed by atoms with van der Waals surface area (Å²) < 4.78 is 0. The Kier molecular flexibility index (Phi) is 5.62. The summed E-state index contributed by atoms with van der Waals surface area (Å²) in [5, 5.41) is 13.8. The molecule has 3 nitrogen and oxygen atoms in total. The number of carbonyl (C=O) groups is 1. The van der Waals surface area contributed by atoms with Crippen LogP contribution in [0, 0.1) is 0 Å². The summed E-state index contributed by atoms with van der Waals surface area (Å²) in [5.41, 5.74) is 1.50. The summed E-state index contributed by atoms with van der Waals surface area (Å²) in [7, 11) is 0. The lowest BCUT2D eigenvalue weighted by molar-refractivity contribution is -0.123. The van der Waals surface area contributed by atoms with Gasteiger partial charge in [0.25, 0.3) is 0 Å². The van der Waals surface area contributed by atoms with Gasteiger partial charge in [0, 0.05) is 16.6 Å². The number of nitrogens with one attached hydrogen (secondary N) is 1. The Morgan fingerprint density at radius 2 is 1.86 bits per heavy atom. The van der Waals surface area contributed by atoms with E-state index in [-0.39, 0.29) is 12.3 Å².